The third-order valence-electron chi connectivity index (χ3n) is 1.55. The highest BCUT2D eigenvalue weighted by Crippen LogP contribution is 2.33. The minimum Gasteiger partial charge on any atom is -0.504 e. The number of phenols is 1. The van der Waals surface area contributed by atoms with Crippen LogP contribution in [-0.2, 0) is 10.0 Å². The first kappa shape index (κ1) is 12.5. The molecule has 0 aliphatic rings. The van der Waals surface area contributed by atoms with Gasteiger partial charge >= 0.3 is 0 Å². The van der Waals surface area contributed by atoms with Crippen molar-refractivity contribution < 1.29 is 17.9 Å². The second-order valence-electron chi connectivity index (χ2n) is 2.80. The molecule has 1 aromatic carbocycles. The van der Waals surface area contributed by atoms with Gasteiger partial charge in [-0.2, -0.15) is 5.26 Å². The minimum atomic E-state index is -3.94. The van der Waals surface area contributed by atoms with Gasteiger partial charge in [0.1, 0.15) is 5.82 Å². The van der Waals surface area contributed by atoms with Crippen LogP contribution in [0.1, 0.15) is 0 Å². The van der Waals surface area contributed by atoms with Crippen LogP contribution in [-0.4, -0.2) is 19.3 Å². The van der Waals surface area contributed by atoms with Gasteiger partial charge in [-0.3, -0.25) is 4.72 Å². The lowest BCUT2D eigenvalue weighted by Crippen LogP contribution is -2.15. The van der Waals surface area contributed by atoms with Crippen LogP contribution >= 0.6 is 11.6 Å². The number of nitrogens with one attached hydrogen (secondary N) is 1. The summed E-state index contributed by atoms with van der Waals surface area (Å²) in [4.78, 5) is 0. The lowest BCUT2D eigenvalue weighted by molar-refractivity contribution is 0.476. The summed E-state index contributed by atoms with van der Waals surface area (Å²) >= 11 is 5.44. The number of sulfonamides is 1. The Kier molecular flexibility index (Phi) is 3.57. The van der Waals surface area contributed by atoms with Crippen LogP contribution in [0.25, 0.3) is 0 Å². The van der Waals surface area contributed by atoms with Crippen LogP contribution < -0.4 is 4.72 Å². The van der Waals surface area contributed by atoms with Gasteiger partial charge < -0.3 is 5.11 Å². The molecular formula is C8H6ClFN2O3S. The van der Waals surface area contributed by atoms with E-state index in [1.807, 2.05) is 4.72 Å². The Bertz CT molecular complexity index is 553. The maximum absolute atomic E-state index is 12.9. The average Bonchev–Trinajstić information content (AvgIpc) is 2.12. The summed E-state index contributed by atoms with van der Waals surface area (Å²) in [5, 5.41) is 17.2. The van der Waals surface area contributed by atoms with E-state index in [0.29, 0.717) is 0 Å². The van der Waals surface area contributed by atoms with E-state index in [0.717, 1.165) is 12.1 Å². The lowest BCUT2D eigenvalue weighted by Gasteiger charge is -2.08. The van der Waals surface area contributed by atoms with Gasteiger partial charge in [-0.05, 0) is 6.07 Å². The summed E-state index contributed by atoms with van der Waals surface area (Å²) in [7, 11) is -3.94. The standard InChI is InChI=1S/C8H6ClFN2O3S/c9-6-3-5(10)4-7(8(6)13)12-16(14,15)2-1-11/h3-4,12-13H,2H2. The van der Waals surface area contributed by atoms with E-state index in [9.17, 15) is 17.9 Å². The van der Waals surface area contributed by atoms with E-state index < -0.39 is 33.0 Å². The van der Waals surface area contributed by atoms with Crippen molar-refractivity contribution in [3.63, 3.8) is 0 Å². The van der Waals surface area contributed by atoms with Gasteiger partial charge in [-0.15, -0.1) is 0 Å². The highest BCUT2D eigenvalue weighted by molar-refractivity contribution is 7.92. The third-order valence-corrected chi connectivity index (χ3v) is 2.88. The zero-order valence-electron chi connectivity index (χ0n) is 7.74. The van der Waals surface area contributed by atoms with Crippen molar-refractivity contribution in [1.29, 1.82) is 5.26 Å². The summed E-state index contributed by atoms with van der Waals surface area (Å²) in [6.45, 7) is 0. The molecule has 5 nitrogen and oxygen atoms in total. The largest absolute Gasteiger partial charge is 0.504 e. The summed E-state index contributed by atoms with van der Waals surface area (Å²) in [6.07, 6.45) is 0. The van der Waals surface area contributed by atoms with Gasteiger partial charge in [-0.25, -0.2) is 12.8 Å². The molecule has 0 aliphatic heterocycles. The van der Waals surface area contributed by atoms with Gasteiger partial charge in [0, 0.05) is 6.07 Å². The number of aromatic hydroxyl groups is 1. The Balaban J connectivity index is 3.13. The molecule has 2 N–H and O–H groups in total. The maximum Gasteiger partial charge on any atom is 0.246 e. The summed E-state index contributed by atoms with van der Waals surface area (Å²) < 4.78 is 37.0. The molecule has 0 radical (unpaired) electrons. The molecule has 0 saturated carbocycles. The Morgan fingerprint density at radius 2 is 2.19 bits per heavy atom. The van der Waals surface area contributed by atoms with Crippen molar-refractivity contribution in [3.8, 4) is 11.8 Å². The number of hydrogen-bond donors (Lipinski definition) is 2. The summed E-state index contributed by atoms with van der Waals surface area (Å²) in [5.41, 5.74) is -0.403. The van der Waals surface area contributed by atoms with Gasteiger partial charge in [0.2, 0.25) is 10.0 Å². The van der Waals surface area contributed by atoms with Crippen LogP contribution in [0.3, 0.4) is 0 Å². The van der Waals surface area contributed by atoms with Crippen LogP contribution in [0.15, 0.2) is 12.1 Å². The summed E-state index contributed by atoms with van der Waals surface area (Å²) in [5.74, 6) is -2.21. The molecule has 0 amide bonds. The number of nitriles is 1. The number of benzene rings is 1. The Morgan fingerprint density at radius 3 is 2.75 bits per heavy atom. The van der Waals surface area contributed by atoms with E-state index in [-0.39, 0.29) is 5.02 Å². The van der Waals surface area contributed by atoms with Crippen molar-refractivity contribution in [2.75, 3.05) is 10.5 Å². The second kappa shape index (κ2) is 4.55. The van der Waals surface area contributed by atoms with Crippen molar-refractivity contribution >= 4 is 27.3 Å². The second-order valence-corrected chi connectivity index (χ2v) is 4.93. The van der Waals surface area contributed by atoms with E-state index in [4.69, 9.17) is 16.9 Å². The van der Waals surface area contributed by atoms with E-state index >= 15 is 0 Å². The van der Waals surface area contributed by atoms with Gasteiger partial charge in [-0.1, -0.05) is 11.6 Å². The molecular weight excluding hydrogens is 259 g/mol. The first-order chi connectivity index (χ1) is 7.35. The average molecular weight is 265 g/mol. The molecule has 0 saturated heterocycles. The predicted octanol–water partition coefficient (Wildman–Crippen LogP) is 1.45. The smallest absolute Gasteiger partial charge is 0.246 e. The molecule has 0 fully saturated rings. The van der Waals surface area contributed by atoms with Crippen LogP contribution in [0, 0.1) is 17.1 Å². The molecule has 0 aromatic heterocycles. The predicted molar refractivity (Wildman–Crippen MR) is 56.1 cm³/mol. The molecule has 0 unspecified atom stereocenters. The molecule has 0 aliphatic carbocycles. The highest BCUT2D eigenvalue weighted by atomic mass is 35.5. The normalized spacial score (nSPS) is 10.8. The van der Waals surface area contributed by atoms with Crippen molar-refractivity contribution in [1.82, 2.24) is 0 Å². The number of hydrogen-bond acceptors (Lipinski definition) is 4. The Labute approximate surface area is 96.1 Å². The lowest BCUT2D eigenvalue weighted by atomic mass is 10.3. The zero-order chi connectivity index (χ0) is 12.3. The molecule has 8 heteroatoms. The van der Waals surface area contributed by atoms with Crippen LogP contribution in [0.2, 0.25) is 5.02 Å². The van der Waals surface area contributed by atoms with Crippen molar-refractivity contribution in [2.45, 2.75) is 0 Å². The Hall–Kier alpha value is -1.52. The summed E-state index contributed by atoms with van der Waals surface area (Å²) in [6, 6.07) is 3.01. The monoisotopic (exact) mass is 264 g/mol. The minimum absolute atomic E-state index is 0.324. The molecule has 1 rings (SSSR count). The number of phenolic OH excluding ortho intramolecular Hbond substituents is 1. The van der Waals surface area contributed by atoms with Crippen LogP contribution in [0.4, 0.5) is 10.1 Å². The molecule has 0 atom stereocenters. The van der Waals surface area contributed by atoms with Gasteiger partial charge in [0.05, 0.1) is 16.8 Å². The number of anilines is 1. The quantitative estimate of drug-likeness (QED) is 0.809. The fraction of sp³-hybridized carbons (Fsp3) is 0.125. The number of rotatable bonds is 3. The first-order valence-corrected chi connectivity index (χ1v) is 5.94. The molecule has 1 aromatic rings. The number of halogens is 2. The zero-order valence-corrected chi connectivity index (χ0v) is 9.31. The van der Waals surface area contributed by atoms with Crippen molar-refractivity contribution in [2.24, 2.45) is 0 Å². The third kappa shape index (κ3) is 2.98. The molecule has 86 valence electrons. The van der Waals surface area contributed by atoms with Gasteiger partial charge in [0.15, 0.2) is 11.5 Å². The SMILES string of the molecule is N#CCS(=O)(=O)Nc1cc(F)cc(Cl)c1O. The fourth-order valence-corrected chi connectivity index (χ4v) is 1.87. The maximum atomic E-state index is 12.9. The van der Waals surface area contributed by atoms with E-state index in [1.165, 1.54) is 6.07 Å². The van der Waals surface area contributed by atoms with E-state index in [2.05, 4.69) is 0 Å². The number of nitrogens with zero attached hydrogens (tertiary/aromatic N) is 1. The Morgan fingerprint density at radius 1 is 1.56 bits per heavy atom. The van der Waals surface area contributed by atoms with Crippen molar-refractivity contribution in [3.05, 3.63) is 23.0 Å². The fourth-order valence-electron chi connectivity index (χ4n) is 0.932. The molecule has 0 spiro atoms. The molecule has 16 heavy (non-hydrogen) atoms. The van der Waals surface area contributed by atoms with Crippen LogP contribution in [0.5, 0.6) is 5.75 Å². The molecule has 0 heterocycles. The van der Waals surface area contributed by atoms with E-state index in [1.54, 1.807) is 0 Å². The topological polar surface area (TPSA) is 90.2 Å². The highest BCUT2D eigenvalue weighted by Gasteiger charge is 2.15. The van der Waals surface area contributed by atoms with Gasteiger partial charge in [0.25, 0.3) is 0 Å². The first-order valence-electron chi connectivity index (χ1n) is 3.91. The molecule has 0 bridgehead atoms.